The van der Waals surface area contributed by atoms with Gasteiger partial charge in [-0.3, -0.25) is 0 Å². The van der Waals surface area contributed by atoms with Gasteiger partial charge >= 0.3 is 0 Å². The third-order valence-corrected chi connectivity index (χ3v) is 3.79. The second kappa shape index (κ2) is 7.33. The quantitative estimate of drug-likeness (QED) is 0.807. The van der Waals surface area contributed by atoms with Gasteiger partial charge in [0.1, 0.15) is 10.8 Å². The summed E-state index contributed by atoms with van der Waals surface area (Å²) >= 11 is 1.49. The largest absolute Gasteiger partial charge is 0.329 e. The van der Waals surface area contributed by atoms with Gasteiger partial charge in [0.2, 0.25) is 0 Å². The van der Waals surface area contributed by atoms with E-state index in [9.17, 15) is 0 Å². The zero-order valence-electron chi connectivity index (χ0n) is 11.0. The van der Waals surface area contributed by atoms with Crippen molar-refractivity contribution in [3.05, 3.63) is 46.7 Å². The lowest BCUT2D eigenvalue weighted by Crippen LogP contribution is -2.29. The Kier molecular flexibility index (Phi) is 5.44. The van der Waals surface area contributed by atoms with Crippen molar-refractivity contribution in [3.8, 4) is 0 Å². The highest BCUT2D eigenvalue weighted by atomic mass is 32.1. The lowest BCUT2D eigenvalue weighted by atomic mass is 10.1. The second-order valence-corrected chi connectivity index (χ2v) is 5.49. The van der Waals surface area contributed by atoms with Crippen molar-refractivity contribution in [3.63, 3.8) is 0 Å². The van der Waals surface area contributed by atoms with Gasteiger partial charge in [-0.25, -0.2) is 4.98 Å². The molecule has 0 fully saturated rings. The molecule has 4 nitrogen and oxygen atoms in total. The van der Waals surface area contributed by atoms with Crippen molar-refractivity contribution in [2.24, 2.45) is 11.5 Å². The average molecular weight is 276 g/mol. The minimum Gasteiger partial charge on any atom is -0.329 e. The van der Waals surface area contributed by atoms with Crippen molar-refractivity contribution < 1.29 is 0 Å². The standard InChI is InChI=1S/C14H20N4S/c15-10-12(16)7-4-8-14-17-13(18-19-14)9-11-5-2-1-3-6-11/h1-3,5-6,12H,4,7-10,15-16H2. The molecule has 0 saturated carbocycles. The van der Waals surface area contributed by atoms with Crippen LogP contribution in [0.1, 0.15) is 29.2 Å². The molecule has 1 heterocycles. The van der Waals surface area contributed by atoms with Gasteiger partial charge < -0.3 is 11.5 Å². The molecule has 0 aliphatic rings. The van der Waals surface area contributed by atoms with Crippen LogP contribution < -0.4 is 11.5 Å². The Balaban J connectivity index is 1.82. The van der Waals surface area contributed by atoms with Crippen molar-refractivity contribution in [2.45, 2.75) is 31.7 Å². The third kappa shape index (κ3) is 4.70. The van der Waals surface area contributed by atoms with E-state index in [2.05, 4.69) is 21.5 Å². The summed E-state index contributed by atoms with van der Waals surface area (Å²) in [5, 5.41) is 1.09. The Hall–Kier alpha value is -1.30. The summed E-state index contributed by atoms with van der Waals surface area (Å²) in [7, 11) is 0. The first kappa shape index (κ1) is 14.1. The number of rotatable bonds is 7. The Bertz CT molecular complexity index is 483. The molecule has 0 saturated heterocycles. The summed E-state index contributed by atoms with van der Waals surface area (Å²) < 4.78 is 4.40. The Labute approximate surface area is 118 Å². The van der Waals surface area contributed by atoms with E-state index in [1.807, 2.05) is 18.2 Å². The van der Waals surface area contributed by atoms with E-state index in [-0.39, 0.29) is 6.04 Å². The number of benzene rings is 1. The minimum absolute atomic E-state index is 0.108. The topological polar surface area (TPSA) is 77.8 Å². The fourth-order valence-corrected chi connectivity index (χ4v) is 2.57. The molecule has 0 aliphatic heterocycles. The van der Waals surface area contributed by atoms with Crippen molar-refractivity contribution in [1.82, 2.24) is 9.36 Å². The molecule has 0 amide bonds. The highest BCUT2D eigenvalue weighted by molar-refractivity contribution is 7.05. The van der Waals surface area contributed by atoms with Crippen LogP contribution in [0.2, 0.25) is 0 Å². The van der Waals surface area contributed by atoms with Crippen LogP contribution >= 0.6 is 11.5 Å². The first-order valence-corrected chi connectivity index (χ1v) is 7.36. The van der Waals surface area contributed by atoms with Crippen LogP contribution in [0.3, 0.4) is 0 Å². The number of hydrogen-bond donors (Lipinski definition) is 2. The summed E-state index contributed by atoms with van der Waals surface area (Å²) in [5.41, 5.74) is 12.5. The molecular weight excluding hydrogens is 256 g/mol. The first-order valence-electron chi connectivity index (χ1n) is 6.59. The molecule has 5 heteroatoms. The van der Waals surface area contributed by atoms with E-state index in [0.717, 1.165) is 36.5 Å². The molecular formula is C14H20N4S. The summed E-state index contributed by atoms with van der Waals surface area (Å²) in [6, 6.07) is 10.4. The van der Waals surface area contributed by atoms with Crippen LogP contribution in [0.25, 0.3) is 0 Å². The van der Waals surface area contributed by atoms with Crippen LogP contribution in [-0.2, 0) is 12.8 Å². The molecule has 0 spiro atoms. The number of aryl methyl sites for hydroxylation is 1. The molecule has 1 unspecified atom stereocenters. The van der Waals surface area contributed by atoms with Gasteiger partial charge in [0, 0.05) is 25.4 Å². The van der Waals surface area contributed by atoms with Crippen molar-refractivity contribution in [1.29, 1.82) is 0 Å². The fourth-order valence-electron chi connectivity index (χ4n) is 1.88. The molecule has 0 radical (unpaired) electrons. The number of hydrogen-bond acceptors (Lipinski definition) is 5. The molecule has 0 bridgehead atoms. The lowest BCUT2D eigenvalue weighted by molar-refractivity contribution is 0.590. The van der Waals surface area contributed by atoms with Crippen molar-refractivity contribution >= 4 is 11.5 Å². The van der Waals surface area contributed by atoms with Gasteiger partial charge in [0.25, 0.3) is 0 Å². The SMILES string of the molecule is NCC(N)CCCc1nc(Cc2ccccc2)ns1. The maximum atomic E-state index is 5.79. The van der Waals surface area contributed by atoms with Gasteiger partial charge in [0.15, 0.2) is 0 Å². The molecule has 1 atom stereocenters. The van der Waals surface area contributed by atoms with E-state index in [1.165, 1.54) is 17.1 Å². The maximum absolute atomic E-state index is 5.79. The molecule has 1 aromatic heterocycles. The van der Waals surface area contributed by atoms with E-state index in [0.29, 0.717) is 6.54 Å². The van der Waals surface area contributed by atoms with Crippen LogP contribution in [-0.4, -0.2) is 21.9 Å². The Morgan fingerprint density at radius 1 is 1.21 bits per heavy atom. The van der Waals surface area contributed by atoms with Gasteiger partial charge in [0.05, 0.1) is 0 Å². The van der Waals surface area contributed by atoms with Crippen LogP contribution in [0.15, 0.2) is 30.3 Å². The average Bonchev–Trinajstić information content (AvgIpc) is 2.87. The van der Waals surface area contributed by atoms with Crippen LogP contribution in [0.5, 0.6) is 0 Å². The number of nitrogens with two attached hydrogens (primary N) is 2. The Morgan fingerprint density at radius 2 is 2.00 bits per heavy atom. The first-order chi connectivity index (χ1) is 9.28. The molecule has 19 heavy (non-hydrogen) atoms. The maximum Gasteiger partial charge on any atom is 0.146 e. The summed E-state index contributed by atoms with van der Waals surface area (Å²) in [6.45, 7) is 0.551. The molecule has 0 aliphatic carbocycles. The van der Waals surface area contributed by atoms with Gasteiger partial charge in [-0.15, -0.1) is 0 Å². The minimum atomic E-state index is 0.108. The fraction of sp³-hybridized carbons (Fsp3) is 0.429. The second-order valence-electron chi connectivity index (χ2n) is 4.65. The third-order valence-electron chi connectivity index (χ3n) is 2.98. The predicted molar refractivity (Wildman–Crippen MR) is 79.1 cm³/mol. The van der Waals surface area contributed by atoms with Gasteiger partial charge in [-0.2, -0.15) is 4.37 Å². The lowest BCUT2D eigenvalue weighted by Gasteiger charge is -2.05. The smallest absolute Gasteiger partial charge is 0.146 e. The molecule has 2 aromatic rings. The normalized spacial score (nSPS) is 12.5. The summed E-state index contributed by atoms with van der Waals surface area (Å²) in [4.78, 5) is 4.56. The monoisotopic (exact) mass is 276 g/mol. The predicted octanol–water partition coefficient (Wildman–Crippen LogP) is 1.74. The van der Waals surface area contributed by atoms with E-state index in [1.54, 1.807) is 0 Å². The molecule has 4 N–H and O–H groups in total. The summed E-state index contributed by atoms with van der Waals surface area (Å²) in [5.74, 6) is 0.911. The van der Waals surface area contributed by atoms with E-state index in [4.69, 9.17) is 11.5 Å². The number of aromatic nitrogens is 2. The van der Waals surface area contributed by atoms with Crippen LogP contribution in [0, 0.1) is 0 Å². The highest BCUT2D eigenvalue weighted by Crippen LogP contribution is 2.12. The Morgan fingerprint density at radius 3 is 2.74 bits per heavy atom. The van der Waals surface area contributed by atoms with Crippen molar-refractivity contribution in [2.75, 3.05) is 6.54 Å². The summed E-state index contributed by atoms with van der Waals surface area (Å²) in [6.07, 6.45) is 3.72. The zero-order valence-corrected chi connectivity index (χ0v) is 11.8. The highest BCUT2D eigenvalue weighted by Gasteiger charge is 2.06. The van der Waals surface area contributed by atoms with E-state index >= 15 is 0 Å². The number of nitrogens with zero attached hydrogens (tertiary/aromatic N) is 2. The van der Waals surface area contributed by atoms with E-state index < -0.39 is 0 Å². The molecule has 1 aromatic carbocycles. The van der Waals surface area contributed by atoms with Crippen LogP contribution in [0.4, 0.5) is 0 Å². The molecule has 2 rings (SSSR count). The van der Waals surface area contributed by atoms with Gasteiger partial charge in [-0.05, 0) is 29.9 Å². The molecule has 102 valence electrons. The van der Waals surface area contributed by atoms with Gasteiger partial charge in [-0.1, -0.05) is 30.3 Å². The zero-order chi connectivity index (χ0) is 13.5.